The maximum absolute atomic E-state index is 10.1. The van der Waals surface area contributed by atoms with Crippen molar-refractivity contribution in [3.05, 3.63) is 59.5 Å². The summed E-state index contributed by atoms with van der Waals surface area (Å²) >= 11 is 0. The third kappa shape index (κ3) is 3.97. The van der Waals surface area contributed by atoms with Crippen molar-refractivity contribution in [3.63, 3.8) is 0 Å². The lowest BCUT2D eigenvalue weighted by molar-refractivity contribution is -0.703. The topological polar surface area (TPSA) is 59.2 Å². The predicted octanol–water partition coefficient (Wildman–Crippen LogP) is 1.80. The average molecular weight is 302 g/mol. The van der Waals surface area contributed by atoms with Gasteiger partial charge in [0.25, 0.3) is 0 Å². The van der Waals surface area contributed by atoms with Gasteiger partial charge in [0.05, 0.1) is 12.9 Å². The maximum Gasteiger partial charge on any atom is 0.129 e. The number of furan rings is 1. The van der Waals surface area contributed by atoms with Crippen LogP contribution in [0.1, 0.15) is 35.8 Å². The van der Waals surface area contributed by atoms with Crippen molar-refractivity contribution < 1.29 is 19.6 Å². The zero-order chi connectivity index (χ0) is 15.2. The molecule has 4 heteroatoms. The van der Waals surface area contributed by atoms with Crippen LogP contribution in [0, 0.1) is 0 Å². The van der Waals surface area contributed by atoms with Crippen molar-refractivity contribution in [2.45, 2.75) is 38.0 Å². The molecule has 0 saturated carbocycles. The molecule has 22 heavy (non-hydrogen) atoms. The standard InChI is InChI=1S/C18H23NO3/c20-15(12-21-13-16-7-4-10-22-16)11-19-18-9-3-6-14-5-1-2-8-17(14)18/h1-2,4-5,7-8,10,15,18-20H,3,6,9,11-13H2/p+1/t15-,18-/m1/s1. The van der Waals surface area contributed by atoms with Gasteiger partial charge in [-0.05, 0) is 30.5 Å². The summed E-state index contributed by atoms with van der Waals surface area (Å²) in [5.74, 6) is 0.789. The van der Waals surface area contributed by atoms with Crippen LogP contribution >= 0.6 is 0 Å². The van der Waals surface area contributed by atoms with Crippen LogP contribution in [0.15, 0.2) is 47.1 Å². The van der Waals surface area contributed by atoms with Crippen LogP contribution in [0.5, 0.6) is 0 Å². The lowest BCUT2D eigenvalue weighted by Gasteiger charge is -2.24. The minimum atomic E-state index is -0.455. The molecule has 1 aromatic heterocycles. The second kappa shape index (κ2) is 7.58. The van der Waals surface area contributed by atoms with Gasteiger partial charge in [-0.25, -0.2) is 0 Å². The maximum atomic E-state index is 10.1. The average Bonchev–Trinajstić information content (AvgIpc) is 3.06. The van der Waals surface area contributed by atoms with Crippen molar-refractivity contribution in [3.8, 4) is 0 Å². The summed E-state index contributed by atoms with van der Waals surface area (Å²) in [5, 5.41) is 12.3. The van der Waals surface area contributed by atoms with E-state index in [4.69, 9.17) is 9.15 Å². The number of quaternary nitrogens is 1. The number of rotatable bonds is 7. The molecule has 0 unspecified atom stereocenters. The number of hydrogen-bond acceptors (Lipinski definition) is 3. The Bertz CT molecular complexity index is 567. The zero-order valence-electron chi connectivity index (χ0n) is 12.8. The number of hydrogen-bond donors (Lipinski definition) is 2. The predicted molar refractivity (Wildman–Crippen MR) is 83.3 cm³/mol. The summed E-state index contributed by atoms with van der Waals surface area (Å²) in [7, 11) is 0. The van der Waals surface area contributed by atoms with Crippen LogP contribution in [0.4, 0.5) is 0 Å². The number of aliphatic hydroxyl groups excluding tert-OH is 1. The van der Waals surface area contributed by atoms with E-state index in [2.05, 4.69) is 29.6 Å². The van der Waals surface area contributed by atoms with Crippen molar-refractivity contribution in [2.75, 3.05) is 13.2 Å². The van der Waals surface area contributed by atoms with Crippen molar-refractivity contribution >= 4 is 0 Å². The molecule has 1 heterocycles. The summed E-state index contributed by atoms with van der Waals surface area (Å²) in [4.78, 5) is 0. The molecule has 0 amide bonds. The molecule has 0 saturated heterocycles. The van der Waals surface area contributed by atoms with E-state index in [0.717, 1.165) is 5.76 Å². The molecule has 4 nitrogen and oxygen atoms in total. The zero-order valence-corrected chi connectivity index (χ0v) is 12.8. The van der Waals surface area contributed by atoms with Crippen molar-refractivity contribution in [2.24, 2.45) is 0 Å². The Hall–Kier alpha value is -1.62. The molecular formula is C18H24NO3+. The lowest BCUT2D eigenvalue weighted by Crippen LogP contribution is -2.87. The summed E-state index contributed by atoms with van der Waals surface area (Å²) in [6.07, 6.45) is 4.75. The first-order valence-corrected chi connectivity index (χ1v) is 8.02. The fourth-order valence-electron chi connectivity index (χ4n) is 3.12. The molecular weight excluding hydrogens is 278 g/mol. The van der Waals surface area contributed by atoms with Gasteiger partial charge >= 0.3 is 0 Å². The molecule has 0 spiro atoms. The van der Waals surface area contributed by atoms with E-state index < -0.39 is 6.10 Å². The fraction of sp³-hybridized carbons (Fsp3) is 0.444. The Kier molecular flexibility index (Phi) is 5.27. The summed E-state index contributed by atoms with van der Waals surface area (Å²) in [6, 6.07) is 12.8. The van der Waals surface area contributed by atoms with Gasteiger partial charge in [0.1, 0.15) is 31.1 Å². The smallest absolute Gasteiger partial charge is 0.129 e. The van der Waals surface area contributed by atoms with Crippen LogP contribution in [0.25, 0.3) is 0 Å². The summed E-state index contributed by atoms with van der Waals surface area (Å²) in [5.41, 5.74) is 2.89. The van der Waals surface area contributed by atoms with E-state index in [1.165, 1.54) is 30.4 Å². The lowest BCUT2D eigenvalue weighted by atomic mass is 9.88. The molecule has 0 fully saturated rings. The Balaban J connectivity index is 1.42. The molecule has 2 atom stereocenters. The molecule has 0 bridgehead atoms. The minimum absolute atomic E-state index is 0.339. The molecule has 2 aromatic rings. The molecule has 1 aromatic carbocycles. The molecule has 3 rings (SSSR count). The summed E-state index contributed by atoms with van der Waals surface area (Å²) in [6.45, 7) is 1.42. The highest BCUT2D eigenvalue weighted by Gasteiger charge is 2.23. The van der Waals surface area contributed by atoms with Gasteiger partial charge in [0.15, 0.2) is 0 Å². The van der Waals surface area contributed by atoms with Gasteiger partial charge in [0, 0.05) is 12.0 Å². The molecule has 1 aliphatic rings. The number of ether oxygens (including phenoxy) is 1. The fourth-order valence-corrected chi connectivity index (χ4v) is 3.12. The third-order valence-electron chi connectivity index (χ3n) is 4.24. The number of aryl methyl sites for hydroxylation is 1. The Morgan fingerprint density at radius 2 is 2.18 bits per heavy atom. The van der Waals surface area contributed by atoms with Crippen LogP contribution in [-0.2, 0) is 17.8 Å². The van der Waals surface area contributed by atoms with Crippen LogP contribution in [-0.4, -0.2) is 24.4 Å². The molecule has 0 aliphatic heterocycles. The van der Waals surface area contributed by atoms with E-state index in [1.54, 1.807) is 6.26 Å². The monoisotopic (exact) mass is 302 g/mol. The highest BCUT2D eigenvalue weighted by Crippen LogP contribution is 2.26. The van der Waals surface area contributed by atoms with Crippen LogP contribution in [0.2, 0.25) is 0 Å². The van der Waals surface area contributed by atoms with E-state index >= 15 is 0 Å². The third-order valence-corrected chi connectivity index (χ3v) is 4.24. The largest absolute Gasteiger partial charge is 0.467 e. The van der Waals surface area contributed by atoms with Gasteiger partial charge in [-0.1, -0.05) is 24.3 Å². The van der Waals surface area contributed by atoms with E-state index in [1.807, 2.05) is 12.1 Å². The molecule has 0 radical (unpaired) electrons. The second-order valence-corrected chi connectivity index (χ2v) is 5.92. The quantitative estimate of drug-likeness (QED) is 0.820. The van der Waals surface area contributed by atoms with E-state index in [9.17, 15) is 5.11 Å². The first-order chi connectivity index (χ1) is 10.8. The van der Waals surface area contributed by atoms with E-state index in [0.29, 0.717) is 25.8 Å². The van der Waals surface area contributed by atoms with E-state index in [-0.39, 0.29) is 0 Å². The first-order valence-electron chi connectivity index (χ1n) is 8.02. The molecule has 118 valence electrons. The van der Waals surface area contributed by atoms with Crippen molar-refractivity contribution in [1.82, 2.24) is 0 Å². The van der Waals surface area contributed by atoms with Crippen LogP contribution < -0.4 is 5.32 Å². The first kappa shape index (κ1) is 15.3. The second-order valence-electron chi connectivity index (χ2n) is 5.92. The highest BCUT2D eigenvalue weighted by atomic mass is 16.5. The van der Waals surface area contributed by atoms with Crippen LogP contribution in [0.3, 0.4) is 0 Å². The van der Waals surface area contributed by atoms with Gasteiger partial charge < -0.3 is 19.6 Å². The molecule has 3 N–H and O–H groups in total. The normalized spacial score (nSPS) is 18.9. The molecule has 1 aliphatic carbocycles. The van der Waals surface area contributed by atoms with Gasteiger partial charge in [-0.15, -0.1) is 0 Å². The Labute approximate surface area is 131 Å². The summed E-state index contributed by atoms with van der Waals surface area (Å²) < 4.78 is 10.7. The Morgan fingerprint density at radius 1 is 1.27 bits per heavy atom. The Morgan fingerprint density at radius 3 is 3.05 bits per heavy atom. The number of benzene rings is 1. The van der Waals surface area contributed by atoms with Crippen molar-refractivity contribution in [1.29, 1.82) is 0 Å². The number of nitrogens with two attached hydrogens (primary N) is 1. The minimum Gasteiger partial charge on any atom is -0.467 e. The van der Waals surface area contributed by atoms with Gasteiger partial charge in [-0.3, -0.25) is 0 Å². The van der Waals surface area contributed by atoms with Gasteiger partial charge in [-0.2, -0.15) is 0 Å². The SMILES string of the molecule is O[C@H](C[NH2+][C@@H]1CCCc2ccccc21)COCc1ccco1. The highest BCUT2D eigenvalue weighted by molar-refractivity contribution is 5.30. The number of aliphatic hydroxyl groups is 1. The van der Waals surface area contributed by atoms with Gasteiger partial charge in [0.2, 0.25) is 0 Å². The number of fused-ring (bicyclic) bond motifs is 1.